The summed E-state index contributed by atoms with van der Waals surface area (Å²) in [5.41, 5.74) is 2.42. The zero-order valence-electron chi connectivity index (χ0n) is 13.1. The SMILES string of the molecule is CCCCC1OC(=O)c2cc(OCc3cccc(O)c3)ccc21. The summed E-state index contributed by atoms with van der Waals surface area (Å²) in [6, 6.07) is 12.4. The van der Waals surface area contributed by atoms with E-state index in [1.54, 1.807) is 24.3 Å². The molecule has 4 heteroatoms. The maximum atomic E-state index is 12.0. The van der Waals surface area contributed by atoms with Crippen molar-refractivity contribution >= 4 is 5.97 Å². The van der Waals surface area contributed by atoms with E-state index < -0.39 is 0 Å². The van der Waals surface area contributed by atoms with Gasteiger partial charge in [0.15, 0.2) is 0 Å². The van der Waals surface area contributed by atoms with Crippen LogP contribution in [0.2, 0.25) is 0 Å². The van der Waals surface area contributed by atoms with Gasteiger partial charge in [-0.25, -0.2) is 4.79 Å². The van der Waals surface area contributed by atoms with Crippen LogP contribution in [-0.2, 0) is 11.3 Å². The standard InChI is InChI=1S/C19H20O4/c1-2-3-7-18-16-9-8-15(11-17(16)19(21)23-18)22-12-13-5-4-6-14(20)10-13/h4-6,8-11,18,20H,2-3,7,12H2,1H3. The fourth-order valence-corrected chi connectivity index (χ4v) is 2.76. The van der Waals surface area contributed by atoms with E-state index in [2.05, 4.69) is 6.92 Å². The van der Waals surface area contributed by atoms with Crippen LogP contribution in [0.3, 0.4) is 0 Å². The number of aromatic hydroxyl groups is 1. The Morgan fingerprint density at radius 2 is 2.09 bits per heavy atom. The minimum absolute atomic E-state index is 0.127. The van der Waals surface area contributed by atoms with Gasteiger partial charge >= 0.3 is 5.97 Å². The molecule has 4 nitrogen and oxygen atoms in total. The highest BCUT2D eigenvalue weighted by atomic mass is 16.5. The first kappa shape index (κ1) is 15.4. The summed E-state index contributed by atoms with van der Waals surface area (Å²) < 4.78 is 11.2. The lowest BCUT2D eigenvalue weighted by Gasteiger charge is -2.10. The zero-order chi connectivity index (χ0) is 16.2. The second kappa shape index (κ2) is 6.73. The predicted octanol–water partition coefficient (Wildman–Crippen LogP) is 4.37. The Labute approximate surface area is 135 Å². The van der Waals surface area contributed by atoms with Crippen molar-refractivity contribution in [2.45, 2.75) is 38.9 Å². The summed E-state index contributed by atoms with van der Waals surface area (Å²) in [7, 11) is 0. The van der Waals surface area contributed by atoms with Crippen molar-refractivity contribution < 1.29 is 19.4 Å². The highest BCUT2D eigenvalue weighted by Crippen LogP contribution is 2.36. The van der Waals surface area contributed by atoms with E-state index >= 15 is 0 Å². The molecule has 0 saturated heterocycles. The quantitative estimate of drug-likeness (QED) is 0.805. The number of hydrogen-bond acceptors (Lipinski definition) is 4. The Balaban J connectivity index is 1.71. The molecule has 1 unspecified atom stereocenters. The average Bonchev–Trinajstić information content (AvgIpc) is 2.87. The molecular formula is C19H20O4. The lowest BCUT2D eigenvalue weighted by molar-refractivity contribution is 0.0364. The molecule has 3 rings (SSSR count). The molecule has 120 valence electrons. The molecule has 1 N–H and O–H groups in total. The molecule has 1 aliphatic rings. The van der Waals surface area contributed by atoms with Crippen LogP contribution < -0.4 is 4.74 Å². The van der Waals surface area contributed by atoms with Crippen molar-refractivity contribution in [3.63, 3.8) is 0 Å². The Morgan fingerprint density at radius 3 is 2.87 bits per heavy atom. The Hall–Kier alpha value is -2.49. The summed E-state index contributed by atoms with van der Waals surface area (Å²) in [5.74, 6) is 0.562. The number of ether oxygens (including phenoxy) is 2. The van der Waals surface area contributed by atoms with Crippen molar-refractivity contribution in [2.24, 2.45) is 0 Å². The number of carbonyl (C=O) groups excluding carboxylic acids is 1. The molecule has 0 spiro atoms. The van der Waals surface area contributed by atoms with E-state index in [0.29, 0.717) is 17.9 Å². The minimum atomic E-state index is -0.274. The fraction of sp³-hybridized carbons (Fsp3) is 0.316. The lowest BCUT2D eigenvalue weighted by Crippen LogP contribution is -1.98. The van der Waals surface area contributed by atoms with Gasteiger partial charge < -0.3 is 14.6 Å². The number of phenols is 1. The first-order valence-electron chi connectivity index (χ1n) is 7.93. The van der Waals surface area contributed by atoms with Crippen molar-refractivity contribution in [1.82, 2.24) is 0 Å². The molecule has 0 saturated carbocycles. The first-order valence-corrected chi connectivity index (χ1v) is 7.93. The van der Waals surface area contributed by atoms with Crippen molar-refractivity contribution in [1.29, 1.82) is 0 Å². The van der Waals surface area contributed by atoms with Gasteiger partial charge in [0, 0.05) is 5.56 Å². The van der Waals surface area contributed by atoms with Gasteiger partial charge in [0.1, 0.15) is 24.2 Å². The van der Waals surface area contributed by atoms with E-state index in [4.69, 9.17) is 9.47 Å². The van der Waals surface area contributed by atoms with Crippen LogP contribution in [-0.4, -0.2) is 11.1 Å². The number of cyclic esters (lactones) is 1. The number of carbonyl (C=O) groups is 1. The van der Waals surface area contributed by atoms with Gasteiger partial charge in [-0.1, -0.05) is 31.5 Å². The molecule has 0 amide bonds. The van der Waals surface area contributed by atoms with Gasteiger partial charge in [-0.15, -0.1) is 0 Å². The second-order valence-electron chi connectivity index (χ2n) is 5.74. The maximum Gasteiger partial charge on any atom is 0.339 e. The largest absolute Gasteiger partial charge is 0.508 e. The van der Waals surface area contributed by atoms with Crippen LogP contribution in [0.1, 0.15) is 53.8 Å². The summed E-state index contributed by atoms with van der Waals surface area (Å²) in [6.07, 6.45) is 2.85. The Kier molecular flexibility index (Phi) is 4.51. The van der Waals surface area contributed by atoms with Gasteiger partial charge in [-0.3, -0.25) is 0 Å². The summed E-state index contributed by atoms with van der Waals surface area (Å²) >= 11 is 0. The molecule has 0 aromatic heterocycles. The molecule has 0 fully saturated rings. The van der Waals surface area contributed by atoms with Crippen LogP contribution in [0.25, 0.3) is 0 Å². The molecule has 1 heterocycles. The van der Waals surface area contributed by atoms with Crippen LogP contribution in [0.4, 0.5) is 0 Å². The van der Waals surface area contributed by atoms with E-state index in [9.17, 15) is 9.90 Å². The number of rotatable bonds is 6. The highest BCUT2D eigenvalue weighted by Gasteiger charge is 2.30. The summed E-state index contributed by atoms with van der Waals surface area (Å²) in [6.45, 7) is 2.46. The van der Waals surface area contributed by atoms with Crippen LogP contribution in [0.15, 0.2) is 42.5 Å². The molecule has 0 radical (unpaired) electrons. The van der Waals surface area contributed by atoms with Crippen molar-refractivity contribution in [3.8, 4) is 11.5 Å². The zero-order valence-corrected chi connectivity index (χ0v) is 13.1. The molecule has 23 heavy (non-hydrogen) atoms. The molecule has 0 bridgehead atoms. The topological polar surface area (TPSA) is 55.8 Å². The minimum Gasteiger partial charge on any atom is -0.508 e. The van der Waals surface area contributed by atoms with Crippen LogP contribution in [0.5, 0.6) is 11.5 Å². The van der Waals surface area contributed by atoms with E-state index in [1.165, 1.54) is 0 Å². The smallest absolute Gasteiger partial charge is 0.339 e. The molecule has 0 aliphatic carbocycles. The molecule has 2 aromatic carbocycles. The first-order chi connectivity index (χ1) is 11.2. The number of hydrogen-bond donors (Lipinski definition) is 1. The average molecular weight is 312 g/mol. The Bertz CT molecular complexity index is 708. The highest BCUT2D eigenvalue weighted by molar-refractivity contribution is 5.94. The van der Waals surface area contributed by atoms with Gasteiger partial charge in [0.05, 0.1) is 5.56 Å². The third-order valence-electron chi connectivity index (χ3n) is 3.98. The lowest BCUT2D eigenvalue weighted by atomic mass is 10.0. The molecular weight excluding hydrogens is 292 g/mol. The van der Waals surface area contributed by atoms with Gasteiger partial charge in [0.25, 0.3) is 0 Å². The summed E-state index contributed by atoms with van der Waals surface area (Å²) in [5, 5.41) is 9.46. The van der Waals surface area contributed by atoms with Gasteiger partial charge in [0.2, 0.25) is 0 Å². The van der Waals surface area contributed by atoms with Gasteiger partial charge in [-0.05, 0) is 42.7 Å². The van der Waals surface area contributed by atoms with Crippen LogP contribution in [0, 0.1) is 0 Å². The second-order valence-corrected chi connectivity index (χ2v) is 5.74. The predicted molar refractivity (Wildman–Crippen MR) is 86.6 cm³/mol. The normalized spacial score (nSPS) is 16.0. The number of fused-ring (bicyclic) bond motifs is 1. The number of benzene rings is 2. The Morgan fingerprint density at radius 1 is 1.22 bits per heavy atom. The third kappa shape index (κ3) is 3.47. The van der Waals surface area contributed by atoms with Crippen LogP contribution >= 0.6 is 0 Å². The third-order valence-corrected chi connectivity index (χ3v) is 3.98. The molecule has 1 aliphatic heterocycles. The molecule has 2 aromatic rings. The maximum absolute atomic E-state index is 12.0. The number of unbranched alkanes of at least 4 members (excludes halogenated alkanes) is 1. The number of esters is 1. The number of phenolic OH excluding ortho intramolecular Hbond substituents is 1. The van der Waals surface area contributed by atoms with Crippen molar-refractivity contribution in [3.05, 3.63) is 59.2 Å². The summed E-state index contributed by atoms with van der Waals surface area (Å²) in [4.78, 5) is 12.0. The van der Waals surface area contributed by atoms with Gasteiger partial charge in [-0.2, -0.15) is 0 Å². The van der Waals surface area contributed by atoms with E-state index in [-0.39, 0.29) is 17.8 Å². The monoisotopic (exact) mass is 312 g/mol. The molecule has 1 atom stereocenters. The van der Waals surface area contributed by atoms with E-state index in [0.717, 1.165) is 30.4 Å². The van der Waals surface area contributed by atoms with Crippen molar-refractivity contribution in [2.75, 3.05) is 0 Å². The van der Waals surface area contributed by atoms with E-state index in [1.807, 2.05) is 18.2 Å². The fourth-order valence-electron chi connectivity index (χ4n) is 2.76.